The molecule has 0 spiro atoms. The van der Waals surface area contributed by atoms with Crippen molar-refractivity contribution in [1.82, 2.24) is 4.57 Å². The first-order chi connectivity index (χ1) is 11.5. The number of benzene rings is 2. The van der Waals surface area contributed by atoms with Crippen molar-refractivity contribution in [3.63, 3.8) is 0 Å². The number of aryl methyl sites for hydroxylation is 1. The number of rotatable bonds is 2. The van der Waals surface area contributed by atoms with Gasteiger partial charge in [0.2, 0.25) is 9.84 Å². The fraction of sp³-hybridized carbons (Fsp3) is 0.263. The van der Waals surface area contributed by atoms with Crippen LogP contribution in [0.5, 0.6) is 0 Å². The maximum Gasteiger partial charge on any atom is 0.206 e. The van der Waals surface area contributed by atoms with Gasteiger partial charge in [0.05, 0.1) is 9.79 Å². The van der Waals surface area contributed by atoms with Gasteiger partial charge < -0.3 is 10.3 Å². The molecule has 0 bridgehead atoms. The third-order valence-corrected chi connectivity index (χ3v) is 6.76. The summed E-state index contributed by atoms with van der Waals surface area (Å²) in [6.45, 7) is 0. The highest BCUT2D eigenvalue weighted by Crippen LogP contribution is 2.33. The van der Waals surface area contributed by atoms with E-state index in [1.165, 1.54) is 11.3 Å². The summed E-state index contributed by atoms with van der Waals surface area (Å²) in [5.74, 6) is 0. The Morgan fingerprint density at radius 1 is 1.08 bits per heavy atom. The molecule has 1 atom stereocenters. The van der Waals surface area contributed by atoms with E-state index in [1.807, 2.05) is 25.2 Å². The minimum absolute atomic E-state index is 0.150. The second-order valence-electron chi connectivity index (χ2n) is 6.48. The van der Waals surface area contributed by atoms with Crippen molar-refractivity contribution in [3.8, 4) is 0 Å². The van der Waals surface area contributed by atoms with Crippen LogP contribution in [0.25, 0.3) is 10.9 Å². The summed E-state index contributed by atoms with van der Waals surface area (Å²) >= 11 is 0. The molecule has 1 aromatic heterocycles. The van der Waals surface area contributed by atoms with Gasteiger partial charge in [-0.1, -0.05) is 18.2 Å². The highest BCUT2D eigenvalue weighted by Gasteiger charge is 2.24. The van der Waals surface area contributed by atoms with Crippen molar-refractivity contribution in [3.05, 3.63) is 59.8 Å². The molecule has 2 aromatic carbocycles. The van der Waals surface area contributed by atoms with Crippen LogP contribution < -0.4 is 5.73 Å². The first-order valence-corrected chi connectivity index (χ1v) is 9.62. The van der Waals surface area contributed by atoms with E-state index in [1.54, 1.807) is 30.3 Å². The Hall–Kier alpha value is -2.11. The molecule has 4 rings (SSSR count). The average Bonchev–Trinajstić information content (AvgIpc) is 2.87. The summed E-state index contributed by atoms with van der Waals surface area (Å²) in [7, 11) is -1.46. The van der Waals surface area contributed by atoms with Gasteiger partial charge >= 0.3 is 0 Å². The monoisotopic (exact) mass is 340 g/mol. The number of nitrogens with zero attached hydrogens (tertiary/aromatic N) is 1. The number of aromatic nitrogens is 1. The molecule has 3 aromatic rings. The molecular formula is C19H20N2O2S. The summed E-state index contributed by atoms with van der Waals surface area (Å²) < 4.78 is 27.9. The normalized spacial score (nSPS) is 17.8. The Kier molecular flexibility index (Phi) is 3.51. The van der Waals surface area contributed by atoms with Crippen LogP contribution >= 0.6 is 0 Å². The number of sulfone groups is 1. The summed E-state index contributed by atoms with van der Waals surface area (Å²) in [6, 6.07) is 14.2. The third-order valence-electron chi connectivity index (χ3n) is 4.99. The minimum atomic E-state index is -3.50. The Balaban J connectivity index is 1.92. The second-order valence-corrected chi connectivity index (χ2v) is 8.43. The lowest BCUT2D eigenvalue weighted by atomic mass is 9.92. The molecule has 0 fully saturated rings. The van der Waals surface area contributed by atoms with Gasteiger partial charge in [-0.2, -0.15) is 0 Å². The summed E-state index contributed by atoms with van der Waals surface area (Å²) in [4.78, 5) is 0.666. The quantitative estimate of drug-likeness (QED) is 0.780. The zero-order valence-electron chi connectivity index (χ0n) is 13.6. The number of nitrogens with two attached hydrogens (primary N) is 1. The topological polar surface area (TPSA) is 65.1 Å². The van der Waals surface area contributed by atoms with E-state index >= 15 is 0 Å². The van der Waals surface area contributed by atoms with Crippen molar-refractivity contribution >= 4 is 20.7 Å². The van der Waals surface area contributed by atoms with Gasteiger partial charge in [-0.25, -0.2) is 8.42 Å². The van der Waals surface area contributed by atoms with Gasteiger partial charge in [-0.15, -0.1) is 0 Å². The SMILES string of the molecule is Cn1c2c(c3cc(S(=O)(=O)c4ccccc4)ccc31)C[C@@H](N)CC2. The molecule has 4 nitrogen and oxygen atoms in total. The Morgan fingerprint density at radius 3 is 2.58 bits per heavy atom. The highest BCUT2D eigenvalue weighted by molar-refractivity contribution is 7.91. The van der Waals surface area contributed by atoms with E-state index in [9.17, 15) is 8.42 Å². The lowest BCUT2D eigenvalue weighted by molar-refractivity contribution is 0.562. The molecule has 2 N–H and O–H groups in total. The fourth-order valence-electron chi connectivity index (χ4n) is 3.69. The van der Waals surface area contributed by atoms with Gasteiger partial charge in [0.25, 0.3) is 0 Å². The third kappa shape index (κ3) is 2.27. The van der Waals surface area contributed by atoms with Gasteiger partial charge in [-0.3, -0.25) is 0 Å². The van der Waals surface area contributed by atoms with E-state index in [2.05, 4.69) is 4.57 Å². The van der Waals surface area contributed by atoms with Gasteiger partial charge in [0.15, 0.2) is 0 Å². The molecule has 1 heterocycles. The molecule has 0 radical (unpaired) electrons. The van der Waals surface area contributed by atoms with Crippen LogP contribution in [0.1, 0.15) is 17.7 Å². The van der Waals surface area contributed by atoms with Crippen molar-refractivity contribution < 1.29 is 8.42 Å². The molecule has 0 unspecified atom stereocenters. The van der Waals surface area contributed by atoms with Crippen LogP contribution in [-0.4, -0.2) is 19.0 Å². The van der Waals surface area contributed by atoms with Gasteiger partial charge in [-0.05, 0) is 55.2 Å². The van der Waals surface area contributed by atoms with Crippen molar-refractivity contribution in [2.75, 3.05) is 0 Å². The van der Waals surface area contributed by atoms with Crippen molar-refractivity contribution in [2.24, 2.45) is 12.8 Å². The minimum Gasteiger partial charge on any atom is -0.347 e. The van der Waals surface area contributed by atoms with Gasteiger partial charge in [0.1, 0.15) is 0 Å². The van der Waals surface area contributed by atoms with Crippen LogP contribution in [-0.2, 0) is 29.7 Å². The lowest BCUT2D eigenvalue weighted by Crippen LogP contribution is -2.28. The van der Waals surface area contributed by atoms with E-state index in [-0.39, 0.29) is 6.04 Å². The smallest absolute Gasteiger partial charge is 0.206 e. The Morgan fingerprint density at radius 2 is 1.83 bits per heavy atom. The zero-order chi connectivity index (χ0) is 16.9. The largest absolute Gasteiger partial charge is 0.347 e. The van der Waals surface area contributed by atoms with Crippen LogP contribution in [0.3, 0.4) is 0 Å². The molecule has 0 saturated heterocycles. The predicted molar refractivity (Wildman–Crippen MR) is 94.8 cm³/mol. The summed E-state index contributed by atoms with van der Waals surface area (Å²) in [5, 5.41) is 1.01. The maximum atomic E-state index is 12.9. The Bertz CT molecular complexity index is 1020. The molecule has 1 aliphatic carbocycles. The molecule has 24 heavy (non-hydrogen) atoms. The molecule has 0 saturated carbocycles. The molecule has 124 valence electrons. The van der Waals surface area contributed by atoms with E-state index < -0.39 is 9.84 Å². The number of hydrogen-bond acceptors (Lipinski definition) is 3. The first-order valence-electron chi connectivity index (χ1n) is 8.14. The van der Waals surface area contributed by atoms with Crippen LogP contribution in [0.15, 0.2) is 58.3 Å². The highest BCUT2D eigenvalue weighted by atomic mass is 32.2. The molecule has 5 heteroatoms. The number of fused-ring (bicyclic) bond motifs is 3. The molecule has 0 aliphatic heterocycles. The maximum absolute atomic E-state index is 12.9. The van der Waals surface area contributed by atoms with Crippen molar-refractivity contribution in [1.29, 1.82) is 0 Å². The summed E-state index contributed by atoms with van der Waals surface area (Å²) in [5.41, 5.74) is 9.69. The van der Waals surface area contributed by atoms with E-state index in [0.29, 0.717) is 9.79 Å². The van der Waals surface area contributed by atoms with Crippen LogP contribution in [0, 0.1) is 0 Å². The Labute approximate surface area is 141 Å². The number of hydrogen-bond donors (Lipinski definition) is 1. The van der Waals surface area contributed by atoms with E-state index in [4.69, 9.17) is 5.73 Å². The zero-order valence-corrected chi connectivity index (χ0v) is 14.4. The molecule has 1 aliphatic rings. The summed E-state index contributed by atoms with van der Waals surface area (Å²) in [6.07, 6.45) is 2.73. The molecular weight excluding hydrogens is 320 g/mol. The second kappa shape index (κ2) is 5.46. The van der Waals surface area contributed by atoms with E-state index in [0.717, 1.165) is 30.2 Å². The average molecular weight is 340 g/mol. The van der Waals surface area contributed by atoms with Crippen LogP contribution in [0.2, 0.25) is 0 Å². The van der Waals surface area contributed by atoms with Gasteiger partial charge in [0, 0.05) is 29.7 Å². The first kappa shape index (κ1) is 15.4. The lowest BCUT2D eigenvalue weighted by Gasteiger charge is -2.19. The fourth-order valence-corrected chi connectivity index (χ4v) is 5.00. The van der Waals surface area contributed by atoms with Crippen LogP contribution in [0.4, 0.5) is 0 Å². The predicted octanol–water partition coefficient (Wildman–Crippen LogP) is 2.83. The standard InChI is InChI=1S/C19H20N2O2S/c1-21-18-9-7-13(20)11-16(18)17-12-15(8-10-19(17)21)24(22,23)14-5-3-2-4-6-14/h2-6,8,10,12-13H,7,9,11,20H2,1H3/t13-/m0/s1. The molecule has 0 amide bonds. The van der Waals surface area contributed by atoms with Crippen molar-refractivity contribution in [2.45, 2.75) is 35.1 Å².